The van der Waals surface area contributed by atoms with Gasteiger partial charge in [0.1, 0.15) is 0 Å². The lowest BCUT2D eigenvalue weighted by Crippen LogP contribution is -2.08. The molecule has 0 spiro atoms. The summed E-state index contributed by atoms with van der Waals surface area (Å²) in [6.45, 7) is 0. The van der Waals surface area contributed by atoms with E-state index in [1.165, 1.54) is 32.4 Å². The SMILES string of the molecule is COC(=O)C[C@H](O)c1ccc(F)c(OC)c1. The number of rotatable bonds is 4. The summed E-state index contributed by atoms with van der Waals surface area (Å²) in [5, 5.41) is 9.65. The molecule has 4 nitrogen and oxygen atoms in total. The van der Waals surface area contributed by atoms with Crippen molar-refractivity contribution in [2.24, 2.45) is 0 Å². The highest BCUT2D eigenvalue weighted by molar-refractivity contribution is 5.70. The lowest BCUT2D eigenvalue weighted by atomic mass is 10.1. The van der Waals surface area contributed by atoms with Crippen LogP contribution in [0, 0.1) is 5.82 Å². The van der Waals surface area contributed by atoms with Gasteiger partial charge in [-0.3, -0.25) is 4.79 Å². The number of carbonyl (C=O) groups excluding carboxylic acids is 1. The van der Waals surface area contributed by atoms with E-state index in [1.807, 2.05) is 0 Å². The quantitative estimate of drug-likeness (QED) is 0.792. The molecule has 0 unspecified atom stereocenters. The Morgan fingerprint density at radius 1 is 1.50 bits per heavy atom. The maximum atomic E-state index is 13.1. The zero-order chi connectivity index (χ0) is 12.1. The van der Waals surface area contributed by atoms with Crippen molar-refractivity contribution in [3.05, 3.63) is 29.6 Å². The molecule has 0 fully saturated rings. The molecule has 0 aliphatic carbocycles. The molecule has 88 valence electrons. The summed E-state index contributed by atoms with van der Waals surface area (Å²) >= 11 is 0. The molecule has 0 aliphatic heterocycles. The number of hydrogen-bond acceptors (Lipinski definition) is 4. The zero-order valence-corrected chi connectivity index (χ0v) is 9.07. The Morgan fingerprint density at radius 3 is 2.75 bits per heavy atom. The third-order valence-corrected chi connectivity index (χ3v) is 2.15. The first-order valence-electron chi connectivity index (χ1n) is 4.66. The average Bonchev–Trinajstić information content (AvgIpc) is 2.29. The van der Waals surface area contributed by atoms with E-state index in [4.69, 9.17) is 4.74 Å². The lowest BCUT2D eigenvalue weighted by Gasteiger charge is -2.11. The Hall–Kier alpha value is -1.62. The van der Waals surface area contributed by atoms with Crippen LogP contribution < -0.4 is 4.74 Å². The highest BCUT2D eigenvalue weighted by atomic mass is 19.1. The highest BCUT2D eigenvalue weighted by Crippen LogP contribution is 2.24. The zero-order valence-electron chi connectivity index (χ0n) is 9.07. The Bertz CT molecular complexity index is 378. The average molecular weight is 228 g/mol. The molecule has 1 rings (SSSR count). The monoisotopic (exact) mass is 228 g/mol. The minimum atomic E-state index is -1.03. The van der Waals surface area contributed by atoms with Gasteiger partial charge in [-0.25, -0.2) is 4.39 Å². The third-order valence-electron chi connectivity index (χ3n) is 2.15. The second kappa shape index (κ2) is 5.46. The Morgan fingerprint density at radius 2 is 2.19 bits per heavy atom. The number of carbonyl (C=O) groups is 1. The fourth-order valence-electron chi connectivity index (χ4n) is 1.24. The number of hydrogen-bond donors (Lipinski definition) is 1. The summed E-state index contributed by atoms with van der Waals surface area (Å²) in [6, 6.07) is 3.92. The summed E-state index contributed by atoms with van der Waals surface area (Å²) in [4.78, 5) is 10.9. The van der Waals surface area contributed by atoms with Crippen LogP contribution >= 0.6 is 0 Å². The predicted octanol–water partition coefficient (Wildman–Crippen LogP) is 1.43. The van der Waals surface area contributed by atoms with Crippen LogP contribution in [-0.2, 0) is 9.53 Å². The van der Waals surface area contributed by atoms with Gasteiger partial charge in [0.05, 0.1) is 26.7 Å². The van der Waals surface area contributed by atoms with Crippen molar-refractivity contribution in [2.75, 3.05) is 14.2 Å². The topological polar surface area (TPSA) is 55.8 Å². The van der Waals surface area contributed by atoms with Crippen molar-refractivity contribution >= 4 is 5.97 Å². The molecule has 0 bridgehead atoms. The van der Waals surface area contributed by atoms with Gasteiger partial charge in [-0.1, -0.05) is 6.07 Å². The summed E-state index contributed by atoms with van der Waals surface area (Å²) in [5.41, 5.74) is 0.406. The standard InChI is InChI=1S/C11H13FO4/c1-15-10-5-7(3-4-8(10)12)9(13)6-11(14)16-2/h3-5,9,13H,6H2,1-2H3/t9-/m0/s1. The van der Waals surface area contributed by atoms with Gasteiger partial charge in [-0.2, -0.15) is 0 Å². The molecule has 16 heavy (non-hydrogen) atoms. The molecule has 1 aromatic rings. The summed E-state index contributed by atoms with van der Waals surface area (Å²) in [6.07, 6.45) is -1.20. The van der Waals surface area contributed by atoms with Crippen LogP contribution in [0.4, 0.5) is 4.39 Å². The summed E-state index contributed by atoms with van der Waals surface area (Å²) < 4.78 is 22.2. The first kappa shape index (κ1) is 12.4. The number of halogens is 1. The number of ether oxygens (including phenoxy) is 2. The van der Waals surface area contributed by atoms with Crippen LogP contribution in [0.1, 0.15) is 18.1 Å². The van der Waals surface area contributed by atoms with Crippen molar-refractivity contribution in [3.63, 3.8) is 0 Å². The van der Waals surface area contributed by atoms with Crippen molar-refractivity contribution in [2.45, 2.75) is 12.5 Å². The van der Waals surface area contributed by atoms with E-state index in [0.717, 1.165) is 0 Å². The smallest absolute Gasteiger partial charge is 0.308 e. The van der Waals surface area contributed by atoms with Crippen LogP contribution in [0.25, 0.3) is 0 Å². The van der Waals surface area contributed by atoms with Crippen LogP contribution in [0.15, 0.2) is 18.2 Å². The molecule has 0 radical (unpaired) electrons. The molecule has 0 saturated heterocycles. The number of benzene rings is 1. The van der Waals surface area contributed by atoms with Crippen molar-refractivity contribution < 1.29 is 23.8 Å². The lowest BCUT2D eigenvalue weighted by molar-refractivity contribution is -0.142. The van der Waals surface area contributed by atoms with E-state index in [0.29, 0.717) is 5.56 Å². The Labute approximate surface area is 92.6 Å². The van der Waals surface area contributed by atoms with E-state index in [1.54, 1.807) is 0 Å². The highest BCUT2D eigenvalue weighted by Gasteiger charge is 2.15. The number of aliphatic hydroxyl groups is 1. The molecule has 0 heterocycles. The minimum Gasteiger partial charge on any atom is -0.494 e. The number of esters is 1. The molecular weight excluding hydrogens is 215 g/mol. The van der Waals surface area contributed by atoms with Crippen LogP contribution in [0.5, 0.6) is 5.75 Å². The van der Waals surface area contributed by atoms with Gasteiger partial charge >= 0.3 is 5.97 Å². The first-order valence-corrected chi connectivity index (χ1v) is 4.66. The molecule has 0 saturated carbocycles. The van der Waals surface area contributed by atoms with E-state index in [-0.39, 0.29) is 12.2 Å². The van der Waals surface area contributed by atoms with Gasteiger partial charge in [0, 0.05) is 0 Å². The summed E-state index contributed by atoms with van der Waals surface area (Å²) in [5.74, 6) is -1.02. The van der Waals surface area contributed by atoms with Crippen LogP contribution in [-0.4, -0.2) is 25.3 Å². The van der Waals surface area contributed by atoms with Crippen molar-refractivity contribution in [1.29, 1.82) is 0 Å². The third kappa shape index (κ3) is 2.93. The van der Waals surface area contributed by atoms with E-state index < -0.39 is 17.9 Å². The Kier molecular flexibility index (Phi) is 4.25. The molecule has 1 N–H and O–H groups in total. The molecule has 0 aromatic heterocycles. The molecule has 1 aromatic carbocycles. The maximum absolute atomic E-state index is 13.1. The largest absolute Gasteiger partial charge is 0.494 e. The van der Waals surface area contributed by atoms with Crippen molar-refractivity contribution in [3.8, 4) is 5.75 Å². The van der Waals surface area contributed by atoms with Gasteiger partial charge in [-0.15, -0.1) is 0 Å². The van der Waals surface area contributed by atoms with E-state index in [9.17, 15) is 14.3 Å². The number of aliphatic hydroxyl groups excluding tert-OH is 1. The van der Waals surface area contributed by atoms with Gasteiger partial charge in [0.25, 0.3) is 0 Å². The second-order valence-corrected chi connectivity index (χ2v) is 3.19. The summed E-state index contributed by atoms with van der Waals surface area (Å²) in [7, 11) is 2.56. The second-order valence-electron chi connectivity index (χ2n) is 3.19. The van der Waals surface area contributed by atoms with Crippen molar-refractivity contribution in [1.82, 2.24) is 0 Å². The van der Waals surface area contributed by atoms with Crippen LogP contribution in [0.3, 0.4) is 0 Å². The van der Waals surface area contributed by atoms with Gasteiger partial charge in [0.15, 0.2) is 11.6 Å². The molecule has 5 heteroatoms. The normalized spacial score (nSPS) is 12.0. The Balaban J connectivity index is 2.83. The fraction of sp³-hybridized carbons (Fsp3) is 0.364. The molecule has 0 amide bonds. The van der Waals surface area contributed by atoms with Gasteiger partial charge in [-0.05, 0) is 17.7 Å². The number of methoxy groups -OCH3 is 2. The van der Waals surface area contributed by atoms with Gasteiger partial charge in [0.2, 0.25) is 0 Å². The van der Waals surface area contributed by atoms with E-state index >= 15 is 0 Å². The fourth-order valence-corrected chi connectivity index (χ4v) is 1.24. The van der Waals surface area contributed by atoms with Crippen LogP contribution in [0.2, 0.25) is 0 Å². The predicted molar refractivity (Wildman–Crippen MR) is 54.5 cm³/mol. The molecular formula is C11H13FO4. The van der Waals surface area contributed by atoms with E-state index in [2.05, 4.69) is 4.74 Å². The maximum Gasteiger partial charge on any atom is 0.308 e. The molecule has 0 aliphatic rings. The molecule has 1 atom stereocenters. The first-order chi connectivity index (χ1) is 7.58. The van der Waals surface area contributed by atoms with Gasteiger partial charge < -0.3 is 14.6 Å². The minimum absolute atomic E-state index is 0.0291.